The molecule has 1 amide bonds. The van der Waals surface area contributed by atoms with Crippen molar-refractivity contribution in [3.63, 3.8) is 0 Å². The number of tetrazole rings is 1. The number of unbranched alkanes of at least 4 members (excludes halogenated alkanes) is 4. The molecule has 0 aliphatic carbocycles. The summed E-state index contributed by atoms with van der Waals surface area (Å²) < 4.78 is 0. The molecule has 3 rings (SSSR count). The Kier molecular flexibility index (Phi) is 9.28. The molecule has 1 fully saturated rings. The number of carbonyl (C=O) groups excluding carboxylic acids is 1. The Balaban J connectivity index is 1.25. The molecular formula is C23H36N6O. The molecule has 7 nitrogen and oxygen atoms in total. The summed E-state index contributed by atoms with van der Waals surface area (Å²) in [5, 5.41) is 15.9. The van der Waals surface area contributed by atoms with E-state index in [0.29, 0.717) is 5.82 Å². The zero-order valence-electron chi connectivity index (χ0n) is 18.3. The molecule has 0 spiro atoms. The van der Waals surface area contributed by atoms with Gasteiger partial charge in [0.05, 0.1) is 6.54 Å². The number of rotatable bonds is 12. The first-order valence-corrected chi connectivity index (χ1v) is 11.6. The first kappa shape index (κ1) is 22.4. The van der Waals surface area contributed by atoms with Crippen molar-refractivity contribution in [2.24, 2.45) is 5.92 Å². The van der Waals surface area contributed by atoms with E-state index < -0.39 is 0 Å². The molecule has 0 radical (unpaired) electrons. The molecule has 1 aromatic heterocycles. The van der Waals surface area contributed by atoms with Gasteiger partial charge in [-0.1, -0.05) is 56.5 Å². The maximum absolute atomic E-state index is 12.2. The van der Waals surface area contributed by atoms with E-state index in [2.05, 4.69) is 32.6 Å². The Morgan fingerprint density at radius 1 is 1.03 bits per heavy atom. The van der Waals surface area contributed by atoms with Gasteiger partial charge in [0.1, 0.15) is 0 Å². The van der Waals surface area contributed by atoms with E-state index in [1.165, 1.54) is 19.3 Å². The van der Waals surface area contributed by atoms with E-state index in [0.717, 1.165) is 70.4 Å². The van der Waals surface area contributed by atoms with Gasteiger partial charge in [0.25, 0.3) is 0 Å². The van der Waals surface area contributed by atoms with Crippen molar-refractivity contribution >= 4 is 5.91 Å². The van der Waals surface area contributed by atoms with Gasteiger partial charge in [-0.2, -0.15) is 4.80 Å². The lowest BCUT2D eigenvalue weighted by Gasteiger charge is -2.31. The summed E-state index contributed by atoms with van der Waals surface area (Å²) >= 11 is 0. The van der Waals surface area contributed by atoms with Crippen LogP contribution in [0.25, 0.3) is 11.4 Å². The normalized spacial score (nSPS) is 15.4. The zero-order chi connectivity index (χ0) is 21.0. The first-order valence-electron chi connectivity index (χ1n) is 11.6. The molecule has 0 atom stereocenters. The summed E-state index contributed by atoms with van der Waals surface area (Å²) in [5.41, 5.74) is 1.00. The molecule has 164 valence electrons. The van der Waals surface area contributed by atoms with E-state index in [1.807, 2.05) is 30.3 Å². The van der Waals surface area contributed by atoms with Gasteiger partial charge < -0.3 is 10.2 Å². The predicted octanol–water partition coefficient (Wildman–Crippen LogP) is 3.53. The van der Waals surface area contributed by atoms with Gasteiger partial charge >= 0.3 is 0 Å². The van der Waals surface area contributed by atoms with E-state index in [-0.39, 0.29) is 11.8 Å². The lowest BCUT2D eigenvalue weighted by atomic mass is 9.95. The lowest BCUT2D eigenvalue weighted by molar-refractivity contribution is -0.126. The maximum atomic E-state index is 12.2. The number of benzene rings is 1. The summed E-state index contributed by atoms with van der Waals surface area (Å²) in [7, 11) is 0. The van der Waals surface area contributed by atoms with Crippen LogP contribution in [0.1, 0.15) is 58.3 Å². The Morgan fingerprint density at radius 3 is 2.57 bits per heavy atom. The average molecular weight is 413 g/mol. The van der Waals surface area contributed by atoms with E-state index in [1.54, 1.807) is 4.80 Å². The Morgan fingerprint density at radius 2 is 1.80 bits per heavy atom. The van der Waals surface area contributed by atoms with Gasteiger partial charge in [0.2, 0.25) is 11.7 Å². The van der Waals surface area contributed by atoms with Crippen LogP contribution in [0.3, 0.4) is 0 Å². The van der Waals surface area contributed by atoms with Gasteiger partial charge in [0.15, 0.2) is 0 Å². The third-order valence-corrected chi connectivity index (χ3v) is 5.86. The number of piperidine rings is 1. The van der Waals surface area contributed by atoms with Crippen molar-refractivity contribution in [1.29, 1.82) is 0 Å². The standard InChI is InChI=1S/C23H36N6O/c1-2-3-8-15-24-23(30)21-13-18-28(19-14-21)16-9-5-10-17-29-26-22(25-27-29)20-11-6-4-7-12-20/h4,6-7,11-12,21H,2-3,5,8-10,13-19H2,1H3,(H,24,30). The van der Waals surface area contributed by atoms with E-state index in [4.69, 9.17) is 0 Å². The summed E-state index contributed by atoms with van der Waals surface area (Å²) in [6.07, 6.45) is 8.85. The van der Waals surface area contributed by atoms with Crippen LogP contribution in [0.15, 0.2) is 30.3 Å². The molecule has 0 saturated carbocycles. The molecule has 1 aliphatic rings. The second-order valence-electron chi connectivity index (χ2n) is 8.25. The topological polar surface area (TPSA) is 75.9 Å². The number of aryl methyl sites for hydroxylation is 1. The van der Waals surface area contributed by atoms with Crippen molar-refractivity contribution in [3.05, 3.63) is 30.3 Å². The molecule has 0 unspecified atom stereocenters. The highest BCUT2D eigenvalue weighted by Crippen LogP contribution is 2.18. The number of nitrogens with zero attached hydrogens (tertiary/aromatic N) is 5. The van der Waals surface area contributed by atoms with Crippen LogP contribution in [-0.4, -0.2) is 57.2 Å². The molecule has 2 heterocycles. The molecule has 1 aromatic carbocycles. The highest BCUT2D eigenvalue weighted by molar-refractivity contribution is 5.78. The third kappa shape index (κ3) is 7.20. The summed E-state index contributed by atoms with van der Waals surface area (Å²) in [4.78, 5) is 16.4. The smallest absolute Gasteiger partial charge is 0.223 e. The lowest BCUT2D eigenvalue weighted by Crippen LogP contribution is -2.41. The minimum absolute atomic E-state index is 0.208. The van der Waals surface area contributed by atoms with Crippen LogP contribution in [0, 0.1) is 5.92 Å². The minimum Gasteiger partial charge on any atom is -0.356 e. The van der Waals surface area contributed by atoms with Crippen molar-refractivity contribution < 1.29 is 4.79 Å². The van der Waals surface area contributed by atoms with Gasteiger partial charge in [-0.25, -0.2) is 0 Å². The average Bonchev–Trinajstić information content (AvgIpc) is 3.26. The Hall–Kier alpha value is -2.28. The summed E-state index contributed by atoms with van der Waals surface area (Å²) in [5.74, 6) is 1.16. The first-order chi connectivity index (χ1) is 14.8. The molecule has 1 N–H and O–H groups in total. The Bertz CT molecular complexity index is 739. The van der Waals surface area contributed by atoms with E-state index >= 15 is 0 Å². The molecular weight excluding hydrogens is 376 g/mol. The van der Waals surface area contributed by atoms with E-state index in [9.17, 15) is 4.79 Å². The van der Waals surface area contributed by atoms with Crippen LogP contribution in [0.5, 0.6) is 0 Å². The highest BCUT2D eigenvalue weighted by Gasteiger charge is 2.24. The van der Waals surface area contributed by atoms with Crippen molar-refractivity contribution in [2.75, 3.05) is 26.2 Å². The fraction of sp³-hybridized carbons (Fsp3) is 0.652. The predicted molar refractivity (Wildman–Crippen MR) is 119 cm³/mol. The second kappa shape index (κ2) is 12.4. The molecule has 1 saturated heterocycles. The molecule has 2 aromatic rings. The number of carbonyl (C=O) groups is 1. The summed E-state index contributed by atoms with van der Waals surface area (Å²) in [6, 6.07) is 9.96. The van der Waals surface area contributed by atoms with Crippen LogP contribution < -0.4 is 5.32 Å². The Labute approximate surface area is 180 Å². The van der Waals surface area contributed by atoms with Crippen LogP contribution in [0.4, 0.5) is 0 Å². The fourth-order valence-corrected chi connectivity index (χ4v) is 3.96. The molecule has 1 aliphatic heterocycles. The fourth-order valence-electron chi connectivity index (χ4n) is 3.96. The second-order valence-corrected chi connectivity index (χ2v) is 8.25. The van der Waals surface area contributed by atoms with Crippen molar-refractivity contribution in [3.8, 4) is 11.4 Å². The third-order valence-electron chi connectivity index (χ3n) is 5.86. The van der Waals surface area contributed by atoms with Crippen LogP contribution >= 0.6 is 0 Å². The molecule has 0 bridgehead atoms. The number of amides is 1. The number of hydrogen-bond donors (Lipinski definition) is 1. The summed E-state index contributed by atoms with van der Waals surface area (Å²) in [6.45, 7) is 7.02. The minimum atomic E-state index is 0.208. The van der Waals surface area contributed by atoms with Gasteiger partial charge in [-0.05, 0) is 57.0 Å². The van der Waals surface area contributed by atoms with Gasteiger partial charge in [0, 0.05) is 18.0 Å². The van der Waals surface area contributed by atoms with Crippen LogP contribution in [0.2, 0.25) is 0 Å². The number of nitrogens with one attached hydrogen (secondary N) is 1. The zero-order valence-corrected chi connectivity index (χ0v) is 18.3. The number of aromatic nitrogens is 4. The van der Waals surface area contributed by atoms with Gasteiger partial charge in [-0.15, -0.1) is 10.2 Å². The molecule has 7 heteroatoms. The number of hydrogen-bond acceptors (Lipinski definition) is 5. The van der Waals surface area contributed by atoms with Crippen LogP contribution in [-0.2, 0) is 11.3 Å². The quantitative estimate of drug-likeness (QED) is 0.540. The maximum Gasteiger partial charge on any atom is 0.223 e. The monoisotopic (exact) mass is 412 g/mol. The molecule has 30 heavy (non-hydrogen) atoms. The largest absolute Gasteiger partial charge is 0.356 e. The highest BCUT2D eigenvalue weighted by atomic mass is 16.1. The number of likely N-dealkylation sites (tertiary alicyclic amines) is 1. The van der Waals surface area contributed by atoms with Crippen molar-refractivity contribution in [1.82, 2.24) is 30.4 Å². The van der Waals surface area contributed by atoms with Gasteiger partial charge in [-0.3, -0.25) is 4.79 Å². The SMILES string of the molecule is CCCCCNC(=O)C1CCN(CCCCCn2nnc(-c3ccccc3)n2)CC1. The van der Waals surface area contributed by atoms with Crippen molar-refractivity contribution in [2.45, 2.75) is 64.8 Å².